The Kier molecular flexibility index (Phi) is 5.66. The molecule has 3 atom stereocenters. The van der Waals surface area contributed by atoms with Gasteiger partial charge in [-0.15, -0.1) is 0 Å². The van der Waals surface area contributed by atoms with Crippen LogP contribution in [0.25, 0.3) is 6.08 Å². The normalized spacial score (nSPS) is 26.4. The van der Waals surface area contributed by atoms with Crippen LogP contribution in [0.5, 0.6) is 0 Å². The zero-order chi connectivity index (χ0) is 23.8. The highest BCUT2D eigenvalue weighted by molar-refractivity contribution is 7.94. The van der Waals surface area contributed by atoms with Crippen LogP contribution in [0.4, 0.5) is 4.79 Å². The summed E-state index contributed by atoms with van der Waals surface area (Å²) in [5.41, 5.74) is 0.962. The molecule has 3 heterocycles. The zero-order valence-corrected chi connectivity index (χ0v) is 18.3. The number of β-lactam (4-membered cyclic amide) rings is 1. The second kappa shape index (κ2) is 8.32. The number of rotatable bonds is 6. The number of pyridine rings is 1. The summed E-state index contributed by atoms with van der Waals surface area (Å²) in [6.07, 6.45) is 1.65. The van der Waals surface area contributed by atoms with Gasteiger partial charge in [-0.3, -0.25) is 9.78 Å². The van der Waals surface area contributed by atoms with E-state index in [2.05, 4.69) is 4.98 Å². The maximum atomic E-state index is 13.4. The molecule has 2 aromatic rings. The predicted octanol–water partition coefficient (Wildman–Crippen LogP) is 1.63. The van der Waals surface area contributed by atoms with E-state index in [1.807, 2.05) is 0 Å². The summed E-state index contributed by atoms with van der Waals surface area (Å²) in [5, 5.41) is 8.28. The second-order valence-corrected chi connectivity index (χ2v) is 10.3. The lowest BCUT2D eigenvalue weighted by molar-refractivity contribution is -0.153. The number of carboxylic acid groups (broad SMARTS) is 1. The molecule has 1 aromatic carbocycles. The third-order valence-corrected chi connectivity index (χ3v) is 8.41. The molecule has 2 saturated heterocycles. The fourth-order valence-corrected chi connectivity index (χ4v) is 6.25. The lowest BCUT2D eigenvalue weighted by atomic mass is 9.94. The first-order valence-electron chi connectivity index (χ1n) is 9.92. The maximum Gasteiger partial charge on any atom is 0.508 e. The van der Waals surface area contributed by atoms with Crippen molar-refractivity contribution in [2.24, 2.45) is 0 Å². The number of nitrogens with zero attached hydrogens (tertiary/aromatic N) is 2. The number of hydrogen-bond donors (Lipinski definition) is 1. The number of benzene rings is 1. The predicted molar refractivity (Wildman–Crippen MR) is 114 cm³/mol. The van der Waals surface area contributed by atoms with Gasteiger partial charge in [0.05, 0.1) is 11.3 Å². The molecule has 2 aliphatic heterocycles. The molecule has 0 bridgehead atoms. The highest BCUT2D eigenvalue weighted by atomic mass is 32.2. The van der Waals surface area contributed by atoms with Gasteiger partial charge >= 0.3 is 12.1 Å². The van der Waals surface area contributed by atoms with Gasteiger partial charge in [0.15, 0.2) is 21.3 Å². The van der Waals surface area contributed by atoms with Crippen LogP contribution >= 0.6 is 0 Å². The molecule has 172 valence electrons. The SMILES string of the molecule is C[C@]1(COC(=O)OCc2ccccc2)[C@H](C(=O)O)N2C(=O)/C(=C/c3ccccn3)[C@H]2S1(=O)=O. The summed E-state index contributed by atoms with van der Waals surface area (Å²) in [6, 6.07) is 11.9. The number of amides is 1. The minimum atomic E-state index is -4.29. The summed E-state index contributed by atoms with van der Waals surface area (Å²) in [4.78, 5) is 41.6. The van der Waals surface area contributed by atoms with E-state index in [1.54, 1.807) is 48.5 Å². The molecule has 11 heteroatoms. The summed E-state index contributed by atoms with van der Waals surface area (Å²) < 4.78 is 34.7. The fraction of sp³-hybridized carbons (Fsp3) is 0.273. The van der Waals surface area contributed by atoms with E-state index in [4.69, 9.17) is 9.47 Å². The Morgan fingerprint density at radius 1 is 1.15 bits per heavy atom. The van der Waals surface area contributed by atoms with E-state index in [0.717, 1.165) is 11.8 Å². The van der Waals surface area contributed by atoms with Gasteiger partial charge in [0, 0.05) is 6.20 Å². The van der Waals surface area contributed by atoms with Crippen molar-refractivity contribution in [2.45, 2.75) is 29.7 Å². The number of carbonyl (C=O) groups excluding carboxylic acids is 2. The van der Waals surface area contributed by atoms with E-state index >= 15 is 0 Å². The van der Waals surface area contributed by atoms with Crippen LogP contribution in [0.1, 0.15) is 18.2 Å². The molecule has 1 aromatic heterocycles. The van der Waals surface area contributed by atoms with E-state index < -0.39 is 50.6 Å². The highest BCUT2D eigenvalue weighted by Crippen LogP contribution is 2.49. The van der Waals surface area contributed by atoms with Crippen LogP contribution in [-0.4, -0.2) is 64.2 Å². The molecule has 0 unspecified atom stereocenters. The van der Waals surface area contributed by atoms with Crippen molar-refractivity contribution in [3.05, 3.63) is 71.6 Å². The molecule has 2 aliphatic rings. The van der Waals surface area contributed by atoms with Crippen LogP contribution in [0.15, 0.2) is 60.3 Å². The summed E-state index contributed by atoms with van der Waals surface area (Å²) in [7, 11) is -4.29. The van der Waals surface area contributed by atoms with Crippen molar-refractivity contribution in [3.8, 4) is 0 Å². The Labute approximate surface area is 189 Å². The minimum absolute atomic E-state index is 0.0877. The molecular formula is C22H20N2O8S. The topological polar surface area (TPSA) is 140 Å². The number of fused-ring (bicyclic) bond motifs is 1. The average molecular weight is 472 g/mol. The molecule has 10 nitrogen and oxygen atoms in total. The Hall–Kier alpha value is -3.73. The van der Waals surface area contributed by atoms with Crippen LogP contribution in [0, 0.1) is 0 Å². The monoisotopic (exact) mass is 472 g/mol. The van der Waals surface area contributed by atoms with Gasteiger partial charge in [0.2, 0.25) is 0 Å². The van der Waals surface area contributed by atoms with Crippen LogP contribution in [-0.2, 0) is 35.5 Å². The summed E-state index contributed by atoms with van der Waals surface area (Å²) in [5.74, 6) is -2.24. The van der Waals surface area contributed by atoms with Crippen LogP contribution in [0.3, 0.4) is 0 Å². The second-order valence-electron chi connectivity index (χ2n) is 7.83. The minimum Gasteiger partial charge on any atom is -0.480 e. The number of ether oxygens (including phenoxy) is 2. The highest BCUT2D eigenvalue weighted by Gasteiger charge is 2.72. The Morgan fingerprint density at radius 3 is 2.48 bits per heavy atom. The van der Waals surface area contributed by atoms with Crippen LogP contribution in [0.2, 0.25) is 0 Å². The largest absolute Gasteiger partial charge is 0.508 e. The molecule has 33 heavy (non-hydrogen) atoms. The Balaban J connectivity index is 1.55. The summed E-state index contributed by atoms with van der Waals surface area (Å²) in [6.45, 7) is 0.252. The third kappa shape index (κ3) is 3.74. The van der Waals surface area contributed by atoms with E-state index in [-0.39, 0.29) is 12.2 Å². The quantitative estimate of drug-likeness (QED) is 0.377. The van der Waals surface area contributed by atoms with Crippen molar-refractivity contribution >= 4 is 33.9 Å². The molecule has 1 N–H and O–H groups in total. The molecule has 0 aliphatic carbocycles. The van der Waals surface area contributed by atoms with Crippen molar-refractivity contribution in [1.82, 2.24) is 9.88 Å². The van der Waals surface area contributed by atoms with Gasteiger partial charge in [-0.05, 0) is 30.7 Å². The number of carboxylic acids is 1. The molecule has 0 saturated carbocycles. The number of carbonyl (C=O) groups is 3. The van der Waals surface area contributed by atoms with E-state index in [9.17, 15) is 27.9 Å². The summed E-state index contributed by atoms with van der Waals surface area (Å²) >= 11 is 0. The fourth-order valence-electron chi connectivity index (χ4n) is 3.97. The molecular weight excluding hydrogens is 452 g/mol. The molecule has 1 amide bonds. The Morgan fingerprint density at radius 2 is 1.85 bits per heavy atom. The van der Waals surface area contributed by atoms with Gasteiger partial charge in [-0.1, -0.05) is 36.4 Å². The van der Waals surface area contributed by atoms with E-state index in [1.165, 1.54) is 12.3 Å². The smallest absolute Gasteiger partial charge is 0.480 e. The molecule has 4 rings (SSSR count). The molecule has 0 radical (unpaired) electrons. The third-order valence-electron chi connectivity index (χ3n) is 5.70. The molecule has 2 fully saturated rings. The standard InChI is InChI=1S/C22H20N2O8S/c1-22(13-32-21(28)31-12-14-7-3-2-4-8-14)17(20(26)27)24-18(25)16(19(24)33(22,29)30)11-15-9-5-6-10-23-15/h2-11,17,19H,12-13H2,1H3,(H,26,27)/b16-11-/t17-,19+,22-/m0/s1. The van der Waals surface area contributed by atoms with Crippen LogP contribution < -0.4 is 0 Å². The first kappa shape index (κ1) is 22.5. The lowest BCUT2D eigenvalue weighted by Gasteiger charge is -2.37. The molecule has 0 spiro atoms. The maximum absolute atomic E-state index is 13.4. The number of aromatic nitrogens is 1. The van der Waals surface area contributed by atoms with Crippen molar-refractivity contribution in [2.75, 3.05) is 6.61 Å². The zero-order valence-electron chi connectivity index (χ0n) is 17.5. The van der Waals surface area contributed by atoms with Gasteiger partial charge in [0.25, 0.3) is 5.91 Å². The van der Waals surface area contributed by atoms with Crippen molar-refractivity contribution in [3.63, 3.8) is 0 Å². The van der Waals surface area contributed by atoms with Gasteiger partial charge in [-0.25, -0.2) is 18.0 Å². The van der Waals surface area contributed by atoms with Crippen molar-refractivity contribution < 1.29 is 37.4 Å². The van der Waals surface area contributed by atoms with Gasteiger partial charge in [-0.2, -0.15) is 0 Å². The first-order valence-corrected chi connectivity index (χ1v) is 11.5. The van der Waals surface area contributed by atoms with E-state index in [0.29, 0.717) is 11.3 Å². The lowest BCUT2D eigenvalue weighted by Crippen LogP contribution is -2.59. The van der Waals surface area contributed by atoms with Crippen molar-refractivity contribution in [1.29, 1.82) is 0 Å². The first-order chi connectivity index (χ1) is 15.7. The average Bonchev–Trinajstić information content (AvgIpc) is 2.97. The number of aliphatic carboxylic acids is 1. The van der Waals surface area contributed by atoms with Gasteiger partial charge in [0.1, 0.15) is 18.0 Å². The number of sulfone groups is 1. The Bertz CT molecular complexity index is 1230. The number of hydrogen-bond acceptors (Lipinski definition) is 8. The van der Waals surface area contributed by atoms with Gasteiger partial charge < -0.3 is 19.5 Å².